The summed E-state index contributed by atoms with van der Waals surface area (Å²) in [7, 11) is 1.33. The van der Waals surface area contributed by atoms with E-state index in [-0.39, 0.29) is 12.3 Å². The molecule has 1 unspecified atom stereocenters. The number of ether oxygens (including phenoxy) is 2. The first-order chi connectivity index (χ1) is 13.6. The van der Waals surface area contributed by atoms with Gasteiger partial charge in [-0.3, -0.25) is 10.1 Å². The highest BCUT2D eigenvalue weighted by atomic mass is 16.6. The van der Waals surface area contributed by atoms with Crippen molar-refractivity contribution in [3.8, 4) is 22.3 Å². The molecular weight excluding hydrogens is 358 g/mol. The van der Waals surface area contributed by atoms with Crippen LogP contribution in [0.4, 0.5) is 5.69 Å². The average molecular weight is 375 g/mol. The maximum absolute atomic E-state index is 12.3. The quantitative estimate of drug-likeness (QED) is 0.377. The maximum Gasteiger partial charge on any atom is 0.339 e. The lowest BCUT2D eigenvalue weighted by atomic mass is 9.90. The van der Waals surface area contributed by atoms with E-state index in [0.29, 0.717) is 0 Å². The molecule has 140 valence electrons. The van der Waals surface area contributed by atoms with Gasteiger partial charge in [-0.1, -0.05) is 54.6 Å². The predicted molar refractivity (Wildman–Crippen MR) is 104 cm³/mol. The molecule has 0 fully saturated rings. The summed E-state index contributed by atoms with van der Waals surface area (Å²) in [6, 6.07) is 19.8. The van der Waals surface area contributed by atoms with Gasteiger partial charge in [-0.15, -0.1) is 0 Å². The number of nitrogens with zero attached hydrogens (tertiary/aromatic N) is 1. The van der Waals surface area contributed by atoms with Crippen molar-refractivity contribution in [1.82, 2.24) is 0 Å². The number of nitro groups is 1. The van der Waals surface area contributed by atoms with Crippen LogP contribution in [-0.4, -0.2) is 18.0 Å². The third-order valence-corrected chi connectivity index (χ3v) is 4.89. The third kappa shape index (κ3) is 3.04. The van der Waals surface area contributed by atoms with Crippen LogP contribution in [-0.2, 0) is 20.9 Å². The smallest absolute Gasteiger partial charge is 0.339 e. The highest BCUT2D eigenvalue weighted by molar-refractivity contribution is 5.85. The number of hydrogen-bond donors (Lipinski definition) is 0. The van der Waals surface area contributed by atoms with Crippen molar-refractivity contribution in [2.24, 2.45) is 0 Å². The molecule has 3 aromatic carbocycles. The Labute approximate surface area is 161 Å². The zero-order chi connectivity index (χ0) is 19.7. The SMILES string of the molecule is COC(=O)C1OCc2c(-c3cccc([N+](=O)[O-])c3)cccc2-c2ccccc21. The number of rotatable bonds is 3. The standard InChI is InChI=1S/C22H17NO5/c1-27-22(24)21-19-9-3-2-8-17(19)18-11-5-10-16(20(18)13-28-21)14-6-4-7-15(12-14)23(25)26/h2-12,21H,13H2,1H3. The number of esters is 1. The van der Waals surface area contributed by atoms with Crippen LogP contribution >= 0.6 is 0 Å². The Balaban J connectivity index is 1.90. The van der Waals surface area contributed by atoms with Crippen molar-refractivity contribution in [3.05, 3.63) is 88.0 Å². The Kier molecular flexibility index (Phi) is 4.63. The largest absolute Gasteiger partial charge is 0.467 e. The molecule has 0 saturated heterocycles. The van der Waals surface area contributed by atoms with Crippen LogP contribution in [0.5, 0.6) is 0 Å². The van der Waals surface area contributed by atoms with Crippen LogP contribution in [0.1, 0.15) is 17.2 Å². The number of carbonyl (C=O) groups is 1. The summed E-state index contributed by atoms with van der Waals surface area (Å²) in [4.78, 5) is 23.0. The monoisotopic (exact) mass is 375 g/mol. The second-order valence-corrected chi connectivity index (χ2v) is 6.44. The Bertz CT molecular complexity index is 1080. The molecule has 1 aliphatic rings. The Morgan fingerprint density at radius 1 is 1.04 bits per heavy atom. The van der Waals surface area contributed by atoms with Gasteiger partial charge in [0.15, 0.2) is 6.10 Å². The van der Waals surface area contributed by atoms with Gasteiger partial charge in [0.1, 0.15) is 0 Å². The molecular formula is C22H17NO5. The molecule has 4 rings (SSSR count). The van der Waals surface area contributed by atoms with Crippen molar-refractivity contribution in [1.29, 1.82) is 0 Å². The van der Waals surface area contributed by atoms with Crippen molar-refractivity contribution < 1.29 is 19.2 Å². The van der Waals surface area contributed by atoms with Crippen LogP contribution in [0, 0.1) is 10.1 Å². The Hall–Kier alpha value is -3.51. The van der Waals surface area contributed by atoms with Crippen molar-refractivity contribution >= 4 is 11.7 Å². The molecule has 0 aromatic heterocycles. The van der Waals surface area contributed by atoms with E-state index in [1.54, 1.807) is 12.1 Å². The molecule has 1 heterocycles. The number of carbonyl (C=O) groups excluding carboxylic acids is 1. The number of nitro benzene ring substituents is 1. The minimum Gasteiger partial charge on any atom is -0.467 e. The fourth-order valence-corrected chi connectivity index (χ4v) is 3.58. The number of benzene rings is 3. The molecule has 0 radical (unpaired) electrons. The highest BCUT2D eigenvalue weighted by Crippen LogP contribution is 2.41. The van der Waals surface area contributed by atoms with E-state index in [1.165, 1.54) is 13.2 Å². The number of hydrogen-bond acceptors (Lipinski definition) is 5. The summed E-state index contributed by atoms with van der Waals surface area (Å²) in [5, 5.41) is 11.2. The van der Waals surface area contributed by atoms with Crippen LogP contribution < -0.4 is 0 Å². The normalized spacial score (nSPS) is 15.1. The van der Waals surface area contributed by atoms with Gasteiger partial charge in [0.2, 0.25) is 0 Å². The molecule has 28 heavy (non-hydrogen) atoms. The van der Waals surface area contributed by atoms with E-state index in [4.69, 9.17) is 9.47 Å². The van der Waals surface area contributed by atoms with Crippen molar-refractivity contribution in [2.45, 2.75) is 12.7 Å². The highest BCUT2D eigenvalue weighted by Gasteiger charge is 2.30. The molecule has 6 nitrogen and oxygen atoms in total. The minimum absolute atomic E-state index is 0.0254. The molecule has 6 heteroatoms. The van der Waals surface area contributed by atoms with Crippen LogP contribution in [0.25, 0.3) is 22.3 Å². The predicted octanol–water partition coefficient (Wildman–Crippen LogP) is 4.67. The summed E-state index contributed by atoms with van der Waals surface area (Å²) >= 11 is 0. The first-order valence-corrected chi connectivity index (χ1v) is 8.75. The van der Waals surface area contributed by atoms with Gasteiger partial charge in [-0.05, 0) is 33.4 Å². The molecule has 0 N–H and O–H groups in total. The maximum atomic E-state index is 12.3. The van der Waals surface area contributed by atoms with Gasteiger partial charge in [0.25, 0.3) is 5.69 Å². The zero-order valence-corrected chi connectivity index (χ0v) is 15.1. The summed E-state index contributed by atoms with van der Waals surface area (Å²) in [6.07, 6.45) is -0.827. The first-order valence-electron chi connectivity index (χ1n) is 8.75. The molecule has 0 bridgehead atoms. The first kappa shape index (κ1) is 17.9. The van der Waals surface area contributed by atoms with E-state index >= 15 is 0 Å². The molecule has 0 saturated carbocycles. The summed E-state index contributed by atoms with van der Waals surface area (Å²) in [5.74, 6) is -0.461. The lowest BCUT2D eigenvalue weighted by Crippen LogP contribution is -2.17. The van der Waals surface area contributed by atoms with E-state index in [0.717, 1.165) is 33.4 Å². The number of non-ortho nitro benzene ring substituents is 1. The van der Waals surface area contributed by atoms with Crippen molar-refractivity contribution in [2.75, 3.05) is 7.11 Å². The molecule has 1 atom stereocenters. The molecule has 1 aliphatic heterocycles. The number of methoxy groups -OCH3 is 1. The Morgan fingerprint density at radius 3 is 2.54 bits per heavy atom. The third-order valence-electron chi connectivity index (χ3n) is 4.89. The molecule has 0 amide bonds. The van der Waals surface area contributed by atoms with Gasteiger partial charge >= 0.3 is 5.97 Å². The van der Waals surface area contributed by atoms with E-state index in [1.807, 2.05) is 48.5 Å². The van der Waals surface area contributed by atoms with Gasteiger partial charge in [-0.2, -0.15) is 0 Å². The van der Waals surface area contributed by atoms with Gasteiger partial charge in [0, 0.05) is 12.1 Å². The van der Waals surface area contributed by atoms with E-state index in [9.17, 15) is 14.9 Å². The summed E-state index contributed by atoms with van der Waals surface area (Å²) in [6.45, 7) is 0.183. The van der Waals surface area contributed by atoms with Gasteiger partial charge < -0.3 is 9.47 Å². The van der Waals surface area contributed by atoms with Crippen molar-refractivity contribution in [3.63, 3.8) is 0 Å². The Morgan fingerprint density at radius 2 is 1.75 bits per heavy atom. The van der Waals surface area contributed by atoms with E-state index < -0.39 is 17.0 Å². The molecule has 0 spiro atoms. The second-order valence-electron chi connectivity index (χ2n) is 6.44. The summed E-state index contributed by atoms with van der Waals surface area (Å²) in [5.41, 5.74) is 5.03. The average Bonchev–Trinajstić information content (AvgIpc) is 2.90. The lowest BCUT2D eigenvalue weighted by Gasteiger charge is -2.15. The van der Waals surface area contributed by atoms with Crippen LogP contribution in [0.3, 0.4) is 0 Å². The summed E-state index contributed by atoms with van der Waals surface area (Å²) < 4.78 is 10.9. The lowest BCUT2D eigenvalue weighted by molar-refractivity contribution is -0.384. The van der Waals surface area contributed by atoms with Gasteiger partial charge in [0.05, 0.1) is 18.6 Å². The second kappa shape index (κ2) is 7.25. The minimum atomic E-state index is -0.827. The topological polar surface area (TPSA) is 78.7 Å². The zero-order valence-electron chi connectivity index (χ0n) is 15.1. The van der Waals surface area contributed by atoms with Crippen LogP contribution in [0.15, 0.2) is 66.7 Å². The molecule has 0 aliphatic carbocycles. The van der Waals surface area contributed by atoms with Crippen LogP contribution in [0.2, 0.25) is 0 Å². The fraction of sp³-hybridized carbons (Fsp3) is 0.136. The number of fused-ring (bicyclic) bond motifs is 3. The molecule has 3 aromatic rings. The van der Waals surface area contributed by atoms with E-state index in [2.05, 4.69) is 0 Å². The fourth-order valence-electron chi connectivity index (χ4n) is 3.58. The van der Waals surface area contributed by atoms with Gasteiger partial charge in [-0.25, -0.2) is 4.79 Å².